The molecule has 2 saturated heterocycles. The number of hydrogen-bond donors (Lipinski definition) is 3. The SMILES string of the molecule is Cl.Cl.N=C(N)Nc1ccc(C(=O)Oc2ccc(C(=O)N3CCN(CC(=O)N4CCCC4=O)CC3)cc2)cc1. The highest BCUT2D eigenvalue weighted by molar-refractivity contribution is 5.98. The summed E-state index contributed by atoms with van der Waals surface area (Å²) in [6.07, 6.45) is 1.15. The van der Waals surface area contributed by atoms with Crippen LogP contribution < -0.4 is 15.8 Å². The number of amides is 3. The number of likely N-dealkylation sites (tertiary alicyclic amines) is 1. The maximum absolute atomic E-state index is 12.9. The van der Waals surface area contributed by atoms with Gasteiger partial charge in [-0.3, -0.25) is 29.6 Å². The fraction of sp³-hybridized carbons (Fsp3) is 0.320. The minimum absolute atomic E-state index is 0. The topological polar surface area (TPSA) is 149 Å². The van der Waals surface area contributed by atoms with Gasteiger partial charge in [0.15, 0.2) is 5.96 Å². The van der Waals surface area contributed by atoms with Gasteiger partial charge < -0.3 is 20.7 Å². The third-order valence-electron chi connectivity index (χ3n) is 6.10. The van der Waals surface area contributed by atoms with Crippen molar-refractivity contribution in [1.82, 2.24) is 14.7 Å². The molecule has 4 N–H and O–H groups in total. The smallest absolute Gasteiger partial charge is 0.343 e. The Labute approximate surface area is 232 Å². The van der Waals surface area contributed by atoms with Gasteiger partial charge in [-0.1, -0.05) is 0 Å². The number of ether oxygens (including phenoxy) is 1. The zero-order chi connectivity index (χ0) is 25.7. The molecule has 4 rings (SSSR count). The molecule has 3 amide bonds. The lowest BCUT2D eigenvalue weighted by molar-refractivity contribution is -0.142. The largest absolute Gasteiger partial charge is 0.423 e. The number of imide groups is 1. The summed E-state index contributed by atoms with van der Waals surface area (Å²) in [5.74, 6) is -0.866. The average molecular weight is 565 g/mol. The fourth-order valence-electron chi connectivity index (χ4n) is 4.16. The normalized spacial score (nSPS) is 15.2. The van der Waals surface area contributed by atoms with Gasteiger partial charge in [0.2, 0.25) is 11.8 Å². The van der Waals surface area contributed by atoms with E-state index in [0.29, 0.717) is 61.7 Å². The Hall–Kier alpha value is -3.67. The number of anilines is 1. The zero-order valence-corrected chi connectivity index (χ0v) is 22.2. The minimum Gasteiger partial charge on any atom is -0.423 e. The van der Waals surface area contributed by atoms with Crippen molar-refractivity contribution in [2.24, 2.45) is 5.73 Å². The lowest BCUT2D eigenvalue weighted by Crippen LogP contribution is -2.51. The molecule has 38 heavy (non-hydrogen) atoms. The highest BCUT2D eigenvalue weighted by Crippen LogP contribution is 2.18. The van der Waals surface area contributed by atoms with Gasteiger partial charge in [0, 0.05) is 50.4 Å². The molecule has 0 bridgehead atoms. The predicted octanol–water partition coefficient (Wildman–Crippen LogP) is 1.96. The summed E-state index contributed by atoms with van der Waals surface area (Å²) in [6.45, 7) is 2.73. The second-order valence-electron chi connectivity index (χ2n) is 8.64. The Bertz CT molecular complexity index is 1170. The number of halogens is 2. The van der Waals surface area contributed by atoms with E-state index in [2.05, 4.69) is 5.32 Å². The number of guanidine groups is 1. The number of nitrogens with zero attached hydrogens (tertiary/aromatic N) is 3. The van der Waals surface area contributed by atoms with Crippen molar-refractivity contribution in [3.63, 3.8) is 0 Å². The second kappa shape index (κ2) is 13.8. The third kappa shape index (κ3) is 7.67. The first-order valence-electron chi connectivity index (χ1n) is 11.7. The van der Waals surface area contributed by atoms with Gasteiger partial charge in [-0.05, 0) is 55.0 Å². The quantitative estimate of drug-likeness (QED) is 0.208. The van der Waals surface area contributed by atoms with Crippen LogP contribution >= 0.6 is 24.8 Å². The van der Waals surface area contributed by atoms with E-state index in [1.807, 2.05) is 4.90 Å². The van der Waals surface area contributed by atoms with Crippen LogP contribution in [0.15, 0.2) is 48.5 Å². The summed E-state index contributed by atoms with van der Waals surface area (Å²) in [5, 5.41) is 9.85. The molecule has 2 fully saturated rings. The molecule has 0 radical (unpaired) electrons. The van der Waals surface area contributed by atoms with Gasteiger partial charge in [-0.2, -0.15) is 0 Å². The number of nitrogens with two attached hydrogens (primary N) is 1. The van der Waals surface area contributed by atoms with E-state index in [0.717, 1.165) is 6.42 Å². The number of carbonyl (C=O) groups excluding carboxylic acids is 4. The van der Waals surface area contributed by atoms with Crippen LogP contribution in [0.3, 0.4) is 0 Å². The Morgan fingerprint density at radius 1 is 0.895 bits per heavy atom. The minimum atomic E-state index is -0.551. The molecule has 11 nitrogen and oxygen atoms in total. The molecule has 2 aliphatic heterocycles. The number of hydrogen-bond acceptors (Lipinski definition) is 7. The van der Waals surface area contributed by atoms with E-state index in [-0.39, 0.29) is 55.0 Å². The summed E-state index contributed by atoms with van der Waals surface area (Å²) < 4.78 is 5.38. The zero-order valence-electron chi connectivity index (χ0n) is 20.6. The van der Waals surface area contributed by atoms with Crippen molar-refractivity contribution >= 4 is 60.2 Å². The van der Waals surface area contributed by atoms with Crippen molar-refractivity contribution in [2.75, 3.05) is 44.6 Å². The van der Waals surface area contributed by atoms with Gasteiger partial charge in [-0.25, -0.2) is 4.79 Å². The molecule has 0 saturated carbocycles. The predicted molar refractivity (Wildman–Crippen MR) is 146 cm³/mol. The number of piperazine rings is 1. The first-order chi connectivity index (χ1) is 17.3. The van der Waals surface area contributed by atoms with Crippen molar-refractivity contribution in [3.05, 3.63) is 59.7 Å². The Balaban J connectivity index is 0.00000253. The van der Waals surface area contributed by atoms with E-state index < -0.39 is 5.97 Å². The summed E-state index contributed by atoms with van der Waals surface area (Å²) >= 11 is 0. The fourth-order valence-corrected chi connectivity index (χ4v) is 4.16. The number of benzene rings is 2. The van der Waals surface area contributed by atoms with Crippen LogP contribution in [0.2, 0.25) is 0 Å². The molecule has 13 heteroatoms. The Morgan fingerprint density at radius 3 is 2.05 bits per heavy atom. The molecule has 2 heterocycles. The highest BCUT2D eigenvalue weighted by atomic mass is 35.5. The van der Waals surface area contributed by atoms with Crippen LogP contribution in [-0.2, 0) is 9.59 Å². The Morgan fingerprint density at radius 2 is 1.50 bits per heavy atom. The van der Waals surface area contributed by atoms with Crippen LogP contribution in [0.1, 0.15) is 33.6 Å². The Kier molecular flexibility index (Phi) is 11.1. The molecule has 0 spiro atoms. The number of esters is 1. The lowest BCUT2D eigenvalue weighted by atomic mass is 10.1. The maximum Gasteiger partial charge on any atom is 0.343 e. The van der Waals surface area contributed by atoms with Crippen LogP contribution in [0.4, 0.5) is 5.69 Å². The van der Waals surface area contributed by atoms with E-state index >= 15 is 0 Å². The highest BCUT2D eigenvalue weighted by Gasteiger charge is 2.29. The third-order valence-corrected chi connectivity index (χ3v) is 6.10. The second-order valence-corrected chi connectivity index (χ2v) is 8.64. The molecular weight excluding hydrogens is 535 g/mol. The molecule has 204 valence electrons. The molecule has 2 aromatic carbocycles. The van der Waals surface area contributed by atoms with Crippen molar-refractivity contribution in [3.8, 4) is 5.75 Å². The summed E-state index contributed by atoms with van der Waals surface area (Å²) in [5.41, 5.74) is 6.66. The number of carbonyl (C=O) groups is 4. The molecule has 2 aromatic rings. The first kappa shape index (κ1) is 30.6. The molecule has 0 aromatic heterocycles. The summed E-state index contributed by atoms with van der Waals surface area (Å²) in [7, 11) is 0. The van der Waals surface area contributed by atoms with Crippen molar-refractivity contribution < 1.29 is 23.9 Å². The number of nitrogens with one attached hydrogen (secondary N) is 2. The monoisotopic (exact) mass is 564 g/mol. The van der Waals surface area contributed by atoms with Crippen LogP contribution in [0.5, 0.6) is 5.75 Å². The van der Waals surface area contributed by atoms with Crippen molar-refractivity contribution in [2.45, 2.75) is 12.8 Å². The van der Waals surface area contributed by atoms with Gasteiger partial charge in [-0.15, -0.1) is 24.8 Å². The van der Waals surface area contributed by atoms with Crippen LogP contribution in [0, 0.1) is 5.41 Å². The standard InChI is InChI=1S/C25H28N6O5.2ClH/c26-25(27)28-19-7-3-18(4-8-19)24(35)36-20-9-5-17(6-10-20)23(34)30-14-12-29(13-15-30)16-22(33)31-11-1-2-21(31)32;;/h3-10H,1-2,11-16H2,(H4,26,27,28);2*1H. The average Bonchev–Trinajstić information content (AvgIpc) is 3.30. The van der Waals surface area contributed by atoms with Crippen LogP contribution in [-0.4, -0.2) is 83.6 Å². The van der Waals surface area contributed by atoms with Gasteiger partial charge >= 0.3 is 5.97 Å². The summed E-state index contributed by atoms with van der Waals surface area (Å²) in [4.78, 5) is 54.4. The first-order valence-corrected chi connectivity index (χ1v) is 11.7. The molecular formula is C25H30Cl2N6O5. The lowest BCUT2D eigenvalue weighted by Gasteiger charge is -2.34. The molecule has 0 atom stereocenters. The number of rotatable bonds is 6. The summed E-state index contributed by atoms with van der Waals surface area (Å²) in [6, 6.07) is 12.7. The molecule has 0 aliphatic carbocycles. The maximum atomic E-state index is 12.9. The van der Waals surface area contributed by atoms with E-state index in [1.165, 1.54) is 4.90 Å². The van der Waals surface area contributed by atoms with Crippen molar-refractivity contribution in [1.29, 1.82) is 5.41 Å². The van der Waals surface area contributed by atoms with Gasteiger partial charge in [0.25, 0.3) is 5.91 Å². The van der Waals surface area contributed by atoms with Gasteiger partial charge in [0.05, 0.1) is 12.1 Å². The molecule has 0 unspecified atom stereocenters. The van der Waals surface area contributed by atoms with Gasteiger partial charge in [0.1, 0.15) is 5.75 Å². The van der Waals surface area contributed by atoms with E-state index in [4.69, 9.17) is 15.9 Å². The van der Waals surface area contributed by atoms with E-state index in [9.17, 15) is 19.2 Å². The van der Waals surface area contributed by atoms with Crippen LogP contribution in [0.25, 0.3) is 0 Å². The van der Waals surface area contributed by atoms with E-state index in [1.54, 1.807) is 53.4 Å². The molecule has 2 aliphatic rings.